The van der Waals surface area contributed by atoms with Crippen LogP contribution in [0, 0.1) is 0 Å². The Hall–Kier alpha value is -1.74. The quantitative estimate of drug-likeness (QED) is 0.848. The molecule has 2 aromatic rings. The second-order valence-electron chi connectivity index (χ2n) is 6.16. The number of hydrogen-bond donors (Lipinski definition) is 1. The van der Waals surface area contributed by atoms with Crippen molar-refractivity contribution in [2.75, 3.05) is 14.1 Å². The lowest BCUT2D eigenvalue weighted by molar-refractivity contribution is 0.229. The molecule has 0 amide bonds. The van der Waals surface area contributed by atoms with Crippen LogP contribution >= 0.6 is 12.4 Å². The van der Waals surface area contributed by atoms with Gasteiger partial charge in [0, 0.05) is 20.2 Å². The Morgan fingerprint density at radius 1 is 1.20 bits per heavy atom. The third-order valence-electron chi connectivity index (χ3n) is 4.21. The molecule has 0 saturated heterocycles. The molecule has 0 radical (unpaired) electrons. The highest BCUT2D eigenvalue weighted by molar-refractivity contribution is 7.89. The maximum atomic E-state index is 12.0. The highest BCUT2D eigenvalue weighted by Gasteiger charge is 2.38. The molecule has 0 unspecified atom stereocenters. The van der Waals surface area contributed by atoms with E-state index >= 15 is 0 Å². The van der Waals surface area contributed by atoms with Gasteiger partial charge < -0.3 is 10.3 Å². The number of benzene rings is 1. The van der Waals surface area contributed by atoms with E-state index in [-0.39, 0.29) is 17.3 Å². The summed E-state index contributed by atoms with van der Waals surface area (Å²) in [7, 11) is -0.411. The van der Waals surface area contributed by atoms with Crippen molar-refractivity contribution in [3.05, 3.63) is 41.5 Å². The van der Waals surface area contributed by atoms with Crippen LogP contribution in [-0.4, -0.2) is 37.0 Å². The van der Waals surface area contributed by atoms with E-state index in [1.54, 1.807) is 36.4 Å². The Morgan fingerprint density at radius 2 is 1.84 bits per heavy atom. The summed E-state index contributed by atoms with van der Waals surface area (Å²) in [5.41, 5.74) is 6.54. The minimum atomic E-state index is -3.42. The molecule has 1 aliphatic rings. The zero-order valence-electron chi connectivity index (χ0n) is 14.0. The fraction of sp³-hybridized carbons (Fsp3) is 0.375. The highest BCUT2D eigenvalue weighted by atomic mass is 35.5. The minimum Gasteiger partial charge on any atom is -0.335 e. The second kappa shape index (κ2) is 7.25. The topological polar surface area (TPSA) is 102 Å². The molecule has 0 bridgehead atoms. The first-order chi connectivity index (χ1) is 11.3. The van der Waals surface area contributed by atoms with Crippen LogP contribution < -0.4 is 5.73 Å². The van der Waals surface area contributed by atoms with Crippen LogP contribution in [0.25, 0.3) is 12.2 Å². The largest absolute Gasteiger partial charge is 0.335 e. The summed E-state index contributed by atoms with van der Waals surface area (Å²) in [6.45, 7) is 0. The average Bonchev–Trinajstić information content (AvgIpc) is 3.00. The van der Waals surface area contributed by atoms with Crippen molar-refractivity contribution in [1.29, 1.82) is 0 Å². The van der Waals surface area contributed by atoms with Crippen molar-refractivity contribution >= 4 is 34.6 Å². The average molecular weight is 385 g/mol. The zero-order valence-corrected chi connectivity index (χ0v) is 15.7. The monoisotopic (exact) mass is 384 g/mol. The summed E-state index contributed by atoms with van der Waals surface area (Å²) in [6, 6.07) is 6.58. The number of nitrogens with zero attached hydrogens (tertiary/aromatic N) is 3. The molecule has 7 nitrogen and oxygen atoms in total. The third-order valence-corrected chi connectivity index (χ3v) is 6.04. The van der Waals surface area contributed by atoms with Crippen LogP contribution in [0.5, 0.6) is 0 Å². The first-order valence-corrected chi connectivity index (χ1v) is 9.09. The van der Waals surface area contributed by atoms with Crippen LogP contribution in [-0.2, 0) is 15.6 Å². The van der Waals surface area contributed by atoms with E-state index in [9.17, 15) is 8.42 Å². The molecule has 0 spiro atoms. The normalized spacial score (nSPS) is 16.6. The van der Waals surface area contributed by atoms with Gasteiger partial charge in [0.15, 0.2) is 5.82 Å². The maximum Gasteiger partial charge on any atom is 0.250 e. The Morgan fingerprint density at radius 3 is 2.36 bits per heavy atom. The lowest BCUT2D eigenvalue weighted by Crippen LogP contribution is -2.44. The fourth-order valence-corrected chi connectivity index (χ4v) is 3.32. The van der Waals surface area contributed by atoms with Gasteiger partial charge in [0.05, 0.1) is 10.4 Å². The van der Waals surface area contributed by atoms with E-state index in [0.29, 0.717) is 11.7 Å². The highest BCUT2D eigenvalue weighted by Crippen LogP contribution is 2.36. The number of halogens is 1. The molecule has 1 aromatic heterocycles. The van der Waals surface area contributed by atoms with Crippen LogP contribution in [0.1, 0.15) is 36.5 Å². The summed E-state index contributed by atoms with van der Waals surface area (Å²) < 4.78 is 30.4. The molecule has 9 heteroatoms. The van der Waals surface area contributed by atoms with Gasteiger partial charge in [0.1, 0.15) is 0 Å². The predicted octanol–water partition coefficient (Wildman–Crippen LogP) is 2.25. The smallest absolute Gasteiger partial charge is 0.250 e. The molecule has 1 aromatic carbocycles. The molecule has 136 valence electrons. The van der Waals surface area contributed by atoms with Crippen molar-refractivity contribution in [3.63, 3.8) is 0 Å². The number of hydrogen-bond acceptors (Lipinski definition) is 6. The van der Waals surface area contributed by atoms with E-state index < -0.39 is 15.6 Å². The van der Waals surface area contributed by atoms with Gasteiger partial charge in [-0.2, -0.15) is 4.98 Å². The second-order valence-corrected chi connectivity index (χ2v) is 8.31. The molecular weight excluding hydrogens is 364 g/mol. The van der Waals surface area contributed by atoms with Gasteiger partial charge in [-0.05, 0) is 43.0 Å². The lowest BCUT2D eigenvalue weighted by atomic mass is 9.77. The third kappa shape index (κ3) is 3.92. The fourth-order valence-electron chi connectivity index (χ4n) is 2.42. The Bertz CT molecular complexity index is 856. The lowest BCUT2D eigenvalue weighted by Gasteiger charge is -2.34. The predicted molar refractivity (Wildman–Crippen MR) is 97.5 cm³/mol. The van der Waals surface area contributed by atoms with E-state index in [1.165, 1.54) is 18.4 Å². The van der Waals surface area contributed by atoms with E-state index in [2.05, 4.69) is 10.1 Å². The Balaban J connectivity index is 0.00000225. The van der Waals surface area contributed by atoms with Crippen molar-refractivity contribution in [3.8, 4) is 0 Å². The molecule has 0 atom stereocenters. The molecule has 1 saturated carbocycles. The van der Waals surface area contributed by atoms with E-state index in [0.717, 1.165) is 24.8 Å². The Labute approximate surface area is 153 Å². The van der Waals surface area contributed by atoms with E-state index in [1.807, 2.05) is 0 Å². The number of nitrogens with two attached hydrogens (primary N) is 1. The van der Waals surface area contributed by atoms with Crippen molar-refractivity contribution in [2.24, 2.45) is 5.73 Å². The SMILES string of the molecule is CN(C)S(=O)(=O)c1ccc(/C=C/c2nc(C3(N)CCC3)no2)cc1.Cl. The molecule has 1 heterocycles. The first kappa shape index (κ1) is 19.6. The van der Waals surface area contributed by atoms with Crippen molar-refractivity contribution in [1.82, 2.24) is 14.4 Å². The standard InChI is InChI=1S/C16H20N4O3S.ClH/c1-20(2)24(21,22)13-7-4-12(5-8-13)6-9-14-18-15(19-23-14)16(17)10-3-11-16;/h4-9H,3,10-11,17H2,1-2H3;1H/b9-6+;. The molecule has 1 aliphatic carbocycles. The summed E-state index contributed by atoms with van der Waals surface area (Å²) in [6.07, 6.45) is 6.30. The van der Waals surface area contributed by atoms with Crippen molar-refractivity contribution in [2.45, 2.75) is 29.7 Å². The molecule has 3 rings (SSSR count). The van der Waals surface area contributed by atoms with Gasteiger partial charge in [-0.3, -0.25) is 0 Å². The van der Waals surface area contributed by atoms with Crippen LogP contribution in [0.15, 0.2) is 33.7 Å². The van der Waals surface area contributed by atoms with Gasteiger partial charge >= 0.3 is 0 Å². The van der Waals surface area contributed by atoms with Crippen LogP contribution in [0.4, 0.5) is 0 Å². The summed E-state index contributed by atoms with van der Waals surface area (Å²) >= 11 is 0. The molecule has 0 aliphatic heterocycles. The van der Waals surface area contributed by atoms with Gasteiger partial charge in [-0.25, -0.2) is 12.7 Å². The molecule has 25 heavy (non-hydrogen) atoms. The minimum absolute atomic E-state index is 0. The van der Waals surface area contributed by atoms with E-state index in [4.69, 9.17) is 10.3 Å². The summed E-state index contributed by atoms with van der Waals surface area (Å²) in [4.78, 5) is 4.56. The summed E-state index contributed by atoms with van der Waals surface area (Å²) in [5.74, 6) is 0.924. The number of aromatic nitrogens is 2. The van der Waals surface area contributed by atoms with Crippen molar-refractivity contribution < 1.29 is 12.9 Å². The van der Waals surface area contributed by atoms with Gasteiger partial charge in [0.25, 0.3) is 5.89 Å². The summed E-state index contributed by atoms with van der Waals surface area (Å²) in [5, 5.41) is 3.94. The zero-order chi connectivity index (χ0) is 17.4. The first-order valence-electron chi connectivity index (χ1n) is 7.65. The maximum absolute atomic E-state index is 12.0. The molecular formula is C16H21ClN4O3S. The number of sulfonamides is 1. The van der Waals surface area contributed by atoms with Gasteiger partial charge in [-0.15, -0.1) is 12.4 Å². The number of rotatable bonds is 5. The Kier molecular flexibility index (Phi) is 5.68. The van der Waals surface area contributed by atoms with Crippen LogP contribution in [0.3, 0.4) is 0 Å². The van der Waals surface area contributed by atoms with Crippen LogP contribution in [0.2, 0.25) is 0 Å². The molecule has 2 N–H and O–H groups in total. The van der Waals surface area contributed by atoms with Gasteiger partial charge in [0.2, 0.25) is 10.0 Å². The molecule has 1 fully saturated rings. The van der Waals surface area contributed by atoms with Gasteiger partial charge in [-0.1, -0.05) is 17.3 Å².